The first-order valence-electron chi connectivity index (χ1n) is 5.28. The van der Waals surface area contributed by atoms with Gasteiger partial charge in [-0.05, 0) is 33.6 Å². The third-order valence-electron chi connectivity index (χ3n) is 3.51. The molecule has 2 unspecified atom stereocenters. The third-order valence-corrected chi connectivity index (χ3v) is 4.46. The second-order valence-electron chi connectivity index (χ2n) is 5.12. The Morgan fingerprint density at radius 2 is 2.19 bits per heavy atom. The molecule has 0 amide bonds. The molecule has 6 heteroatoms. The van der Waals surface area contributed by atoms with Gasteiger partial charge in [-0.25, -0.2) is 10.1 Å². The molecule has 1 aliphatic carbocycles. The maximum Gasteiger partial charge on any atom is 0.162 e. The van der Waals surface area contributed by atoms with Gasteiger partial charge in [0.25, 0.3) is 0 Å². The molecule has 1 saturated heterocycles. The molecule has 2 atom stereocenters. The summed E-state index contributed by atoms with van der Waals surface area (Å²) in [6.45, 7) is 5.95. The van der Waals surface area contributed by atoms with E-state index in [0.29, 0.717) is 5.70 Å². The van der Waals surface area contributed by atoms with E-state index in [4.69, 9.17) is 4.74 Å². The van der Waals surface area contributed by atoms with E-state index in [1.165, 1.54) is 0 Å². The second-order valence-corrected chi connectivity index (χ2v) is 5.97. The van der Waals surface area contributed by atoms with Crippen molar-refractivity contribution < 1.29 is 9.77 Å². The Bertz CT molecular complexity index is 380. The van der Waals surface area contributed by atoms with E-state index < -0.39 is 10.6 Å². The highest BCUT2D eigenvalue weighted by molar-refractivity contribution is 9.11. The lowest BCUT2D eigenvalue weighted by Crippen LogP contribution is -2.57. The summed E-state index contributed by atoms with van der Waals surface area (Å²) in [5, 5.41) is 10.0. The van der Waals surface area contributed by atoms with Gasteiger partial charge >= 0.3 is 0 Å². The lowest BCUT2D eigenvalue weighted by atomic mass is 9.72. The van der Waals surface area contributed by atoms with Crippen molar-refractivity contribution in [3.63, 3.8) is 0 Å². The minimum absolute atomic E-state index is 0.191. The van der Waals surface area contributed by atoms with Crippen molar-refractivity contribution in [3.05, 3.63) is 20.3 Å². The van der Waals surface area contributed by atoms with Gasteiger partial charge in [-0.1, -0.05) is 15.9 Å². The first-order valence-corrected chi connectivity index (χ1v) is 6.07. The number of hydrogen-bond acceptors (Lipinski definition) is 3. The minimum Gasteiger partial charge on any atom is -0.362 e. The highest BCUT2D eigenvalue weighted by atomic mass is 79.9. The fourth-order valence-electron chi connectivity index (χ4n) is 2.77. The molecule has 0 aromatic rings. The number of nitrogens with zero attached hydrogens (tertiary/aromatic N) is 1. The van der Waals surface area contributed by atoms with E-state index in [1.807, 2.05) is 20.8 Å². The van der Waals surface area contributed by atoms with E-state index >= 15 is 0 Å². The zero-order valence-electron chi connectivity index (χ0n) is 9.54. The Morgan fingerprint density at radius 3 is 2.62 bits per heavy atom. The highest BCUT2D eigenvalue weighted by Gasteiger charge is 2.54. The average molecular weight is 291 g/mol. The van der Waals surface area contributed by atoms with Gasteiger partial charge in [0.2, 0.25) is 0 Å². The van der Waals surface area contributed by atoms with E-state index in [9.17, 15) is 10.1 Å². The van der Waals surface area contributed by atoms with Crippen LogP contribution in [0.1, 0.15) is 33.6 Å². The van der Waals surface area contributed by atoms with Crippen LogP contribution in [0.4, 0.5) is 0 Å². The molecule has 1 fully saturated rings. The fourth-order valence-corrected chi connectivity index (χ4v) is 4.06. The molecule has 0 radical (unpaired) electrons. The molecule has 0 aromatic carbocycles. The fraction of sp³-hybridized carbons (Fsp3) is 0.800. The van der Waals surface area contributed by atoms with Crippen LogP contribution in [0.25, 0.3) is 0 Å². The molecule has 2 heterocycles. The highest BCUT2D eigenvalue weighted by Crippen LogP contribution is 2.53. The summed E-state index contributed by atoms with van der Waals surface area (Å²) < 4.78 is 6.87. The first kappa shape index (κ1) is 11.9. The van der Waals surface area contributed by atoms with Crippen molar-refractivity contribution in [3.8, 4) is 0 Å². The maximum atomic E-state index is 10.6. The molecule has 2 aliphatic heterocycles. The van der Waals surface area contributed by atoms with Gasteiger partial charge in [0.05, 0.1) is 5.60 Å². The van der Waals surface area contributed by atoms with Gasteiger partial charge in [-0.3, -0.25) is 0 Å². The smallest absolute Gasteiger partial charge is 0.162 e. The Morgan fingerprint density at radius 1 is 1.56 bits per heavy atom. The van der Waals surface area contributed by atoms with Crippen LogP contribution >= 0.6 is 15.9 Å². The van der Waals surface area contributed by atoms with E-state index in [-0.39, 0.29) is 11.5 Å². The largest absolute Gasteiger partial charge is 0.362 e. The van der Waals surface area contributed by atoms with Crippen LogP contribution in [-0.2, 0) is 4.74 Å². The Balaban J connectivity index is 2.44. The normalized spacial score (nSPS) is 36.4. The summed E-state index contributed by atoms with van der Waals surface area (Å²) in [6.07, 6.45) is 1.80. The number of hydrazine groups is 1. The number of ether oxygens (including phenoxy) is 1. The zero-order valence-corrected chi connectivity index (χ0v) is 11.1. The second kappa shape index (κ2) is 3.43. The van der Waals surface area contributed by atoms with Crippen molar-refractivity contribution in [2.24, 2.45) is 5.92 Å². The molecule has 0 spiro atoms. The lowest BCUT2D eigenvalue weighted by Gasteiger charge is -2.53. The third kappa shape index (κ3) is 1.64. The van der Waals surface area contributed by atoms with Gasteiger partial charge < -0.3 is 4.74 Å². The van der Waals surface area contributed by atoms with Crippen LogP contribution in [0.3, 0.4) is 0 Å². The monoisotopic (exact) mass is 290 g/mol. The van der Waals surface area contributed by atoms with Crippen LogP contribution < -0.4 is 5.43 Å². The predicted octanol–water partition coefficient (Wildman–Crippen LogP) is 2.35. The first-order chi connectivity index (χ1) is 7.26. The SMILES string of the molecule is CC12CCC(C(Br)=C1N[N+](=O)[O-])C(C)(C)O2. The average Bonchev–Trinajstić information content (AvgIpc) is 2.09. The molecular formula is C10H15BrN2O3. The van der Waals surface area contributed by atoms with Crippen LogP contribution in [0.5, 0.6) is 0 Å². The molecule has 1 N–H and O–H groups in total. The Labute approximate surface area is 102 Å². The van der Waals surface area contributed by atoms with Gasteiger partial charge in [0.15, 0.2) is 5.03 Å². The molecule has 5 nitrogen and oxygen atoms in total. The van der Waals surface area contributed by atoms with Gasteiger partial charge in [0, 0.05) is 10.4 Å². The molecule has 0 saturated carbocycles. The van der Waals surface area contributed by atoms with Crippen molar-refractivity contribution in [2.45, 2.75) is 44.8 Å². The summed E-state index contributed by atoms with van der Waals surface area (Å²) in [6, 6.07) is 0. The molecule has 90 valence electrons. The number of nitro groups is 1. The number of halogens is 1. The summed E-state index contributed by atoms with van der Waals surface area (Å²) in [7, 11) is 0. The van der Waals surface area contributed by atoms with Crippen LogP contribution in [0, 0.1) is 16.0 Å². The summed E-state index contributed by atoms with van der Waals surface area (Å²) >= 11 is 3.48. The van der Waals surface area contributed by atoms with Crippen molar-refractivity contribution in [1.29, 1.82) is 0 Å². The zero-order chi connectivity index (χ0) is 12.1. The molecule has 16 heavy (non-hydrogen) atoms. The van der Waals surface area contributed by atoms with Crippen LogP contribution in [-0.4, -0.2) is 16.2 Å². The Hall–Kier alpha value is -0.620. The lowest BCUT2D eigenvalue weighted by molar-refractivity contribution is -0.539. The molecular weight excluding hydrogens is 276 g/mol. The van der Waals surface area contributed by atoms with Gasteiger partial charge in [-0.15, -0.1) is 5.43 Å². The van der Waals surface area contributed by atoms with Gasteiger partial charge in [0.1, 0.15) is 11.3 Å². The van der Waals surface area contributed by atoms with Crippen molar-refractivity contribution in [2.75, 3.05) is 0 Å². The Kier molecular flexibility index (Phi) is 2.54. The molecule has 3 rings (SSSR count). The van der Waals surface area contributed by atoms with Crippen molar-refractivity contribution in [1.82, 2.24) is 5.43 Å². The molecule has 2 bridgehead atoms. The van der Waals surface area contributed by atoms with Crippen LogP contribution in [0.2, 0.25) is 0 Å². The summed E-state index contributed by atoms with van der Waals surface area (Å²) in [4.78, 5) is 10.6. The van der Waals surface area contributed by atoms with E-state index in [2.05, 4.69) is 21.4 Å². The standard InChI is InChI=1S/C10H15BrN2O3/c1-9(2)6-4-5-10(3,16-9)8(7(6)11)12-13(14)15/h6,12H,4-5H2,1-3H3. The summed E-state index contributed by atoms with van der Waals surface area (Å²) in [5.41, 5.74) is 1.98. The molecule has 0 aromatic heterocycles. The number of fused-ring (bicyclic) bond motifs is 2. The number of hydrogen-bond donors (Lipinski definition) is 1. The van der Waals surface area contributed by atoms with Crippen LogP contribution in [0.15, 0.2) is 10.2 Å². The topological polar surface area (TPSA) is 64.4 Å². The number of rotatable bonds is 2. The van der Waals surface area contributed by atoms with Crippen molar-refractivity contribution >= 4 is 15.9 Å². The number of nitrogens with one attached hydrogen (secondary N) is 1. The van der Waals surface area contributed by atoms with E-state index in [1.54, 1.807) is 0 Å². The maximum absolute atomic E-state index is 10.6. The quantitative estimate of drug-likeness (QED) is 0.626. The van der Waals surface area contributed by atoms with E-state index in [0.717, 1.165) is 17.3 Å². The summed E-state index contributed by atoms with van der Waals surface area (Å²) in [5.74, 6) is 0.191. The predicted molar refractivity (Wildman–Crippen MR) is 62.4 cm³/mol. The van der Waals surface area contributed by atoms with Gasteiger partial charge in [-0.2, -0.15) is 0 Å². The molecule has 3 aliphatic rings. The minimum atomic E-state index is -0.579.